The third-order valence-corrected chi connectivity index (χ3v) is 7.91. The highest BCUT2D eigenvalue weighted by molar-refractivity contribution is 6.09. The number of allylic oxidation sites excluding steroid dienone is 1. The summed E-state index contributed by atoms with van der Waals surface area (Å²) in [5.41, 5.74) is 2.60. The summed E-state index contributed by atoms with van der Waals surface area (Å²) in [5.74, 6) is 0.503. The Bertz CT molecular complexity index is 1520. The van der Waals surface area contributed by atoms with E-state index in [0.29, 0.717) is 34.1 Å². The number of carbonyl (C=O) groups excluding carboxylic acids is 1. The van der Waals surface area contributed by atoms with Gasteiger partial charge in [0.25, 0.3) is 5.91 Å². The number of hydrogen-bond acceptors (Lipinski definition) is 12. The van der Waals surface area contributed by atoms with E-state index in [9.17, 15) is 9.90 Å². The highest BCUT2D eigenvalue weighted by Gasteiger charge is 2.22. The first kappa shape index (κ1) is 31.2. The fourth-order valence-electron chi connectivity index (χ4n) is 4.98. The average molecular weight is 603 g/mol. The summed E-state index contributed by atoms with van der Waals surface area (Å²) in [7, 11) is 0. The van der Waals surface area contributed by atoms with Crippen molar-refractivity contribution >= 4 is 40.2 Å². The quantitative estimate of drug-likeness (QED) is 0.171. The maximum Gasteiger partial charge on any atom is 0.256 e. The van der Waals surface area contributed by atoms with Crippen LogP contribution in [0.1, 0.15) is 36.7 Å². The number of aryl methyl sites for hydroxylation is 1. The molecule has 13 nitrogen and oxygen atoms in total. The minimum atomic E-state index is -0.529. The molecule has 0 radical (unpaired) electrons. The van der Waals surface area contributed by atoms with Crippen LogP contribution in [0.4, 0.5) is 17.5 Å². The molecule has 44 heavy (non-hydrogen) atoms. The molecule has 0 saturated carbocycles. The van der Waals surface area contributed by atoms with Gasteiger partial charge in [-0.1, -0.05) is 26.8 Å². The molecule has 4 heterocycles. The second kappa shape index (κ2) is 13.6. The van der Waals surface area contributed by atoms with Crippen LogP contribution in [-0.2, 0) is 4.74 Å². The summed E-state index contributed by atoms with van der Waals surface area (Å²) in [6.07, 6.45) is 4.43. The smallest absolute Gasteiger partial charge is 0.256 e. The van der Waals surface area contributed by atoms with Gasteiger partial charge in [0.2, 0.25) is 5.95 Å². The number of amides is 1. The number of anilines is 3. The van der Waals surface area contributed by atoms with Crippen molar-refractivity contribution in [1.29, 1.82) is 5.41 Å². The number of amidine groups is 1. The molecule has 2 saturated heterocycles. The fraction of sp³-hybridized carbons (Fsp3) is 0.484. The minimum absolute atomic E-state index is 0.0108. The number of aliphatic hydroxyl groups excluding tert-OH is 1. The number of benzene rings is 1. The summed E-state index contributed by atoms with van der Waals surface area (Å²) in [4.78, 5) is 38.4. The van der Waals surface area contributed by atoms with Crippen molar-refractivity contribution in [3.8, 4) is 0 Å². The van der Waals surface area contributed by atoms with Crippen molar-refractivity contribution in [2.75, 3.05) is 75.8 Å². The molecule has 1 amide bonds. The van der Waals surface area contributed by atoms with Gasteiger partial charge >= 0.3 is 0 Å². The Hall–Kier alpha value is -4.20. The number of piperazine rings is 1. The lowest BCUT2D eigenvalue weighted by Gasteiger charge is -2.36. The Morgan fingerprint density at radius 2 is 1.75 bits per heavy atom. The van der Waals surface area contributed by atoms with Gasteiger partial charge in [0.15, 0.2) is 5.82 Å². The monoisotopic (exact) mass is 602 g/mol. The third-order valence-electron chi connectivity index (χ3n) is 7.91. The van der Waals surface area contributed by atoms with Crippen molar-refractivity contribution in [1.82, 2.24) is 35.1 Å². The van der Waals surface area contributed by atoms with Crippen molar-refractivity contribution in [2.45, 2.75) is 27.7 Å². The number of hydrogen-bond donors (Lipinski definition) is 4. The number of fused-ring (bicyclic) bond motifs is 1. The lowest BCUT2D eigenvalue weighted by molar-refractivity contribution is 0.0331. The van der Waals surface area contributed by atoms with Crippen molar-refractivity contribution in [3.05, 3.63) is 53.7 Å². The summed E-state index contributed by atoms with van der Waals surface area (Å²) >= 11 is 0. The van der Waals surface area contributed by atoms with Crippen LogP contribution in [0.15, 0.2) is 42.6 Å². The van der Waals surface area contributed by atoms with Gasteiger partial charge in [0, 0.05) is 75.1 Å². The van der Waals surface area contributed by atoms with E-state index in [1.807, 2.05) is 33.8 Å². The van der Waals surface area contributed by atoms with Crippen LogP contribution in [0.3, 0.4) is 0 Å². The SMILES string of the molecule is Cc1ccc(C(=O)NC(=N)/C=C(\O)C(C)(C)C)cc1Nc1ncnc2cnc(N3CCN(CCN4CCOCC4)CC3)nc12. The number of aromatic nitrogens is 4. The Balaban J connectivity index is 1.26. The maximum absolute atomic E-state index is 12.9. The number of ether oxygens (including phenoxy) is 1. The summed E-state index contributed by atoms with van der Waals surface area (Å²) < 4.78 is 5.46. The van der Waals surface area contributed by atoms with Crippen molar-refractivity contribution < 1.29 is 14.6 Å². The summed E-state index contributed by atoms with van der Waals surface area (Å²) in [5, 5.41) is 24.1. The zero-order valence-corrected chi connectivity index (χ0v) is 25.9. The second-order valence-electron chi connectivity index (χ2n) is 12.2. The van der Waals surface area contributed by atoms with E-state index in [4.69, 9.17) is 15.1 Å². The topological polar surface area (TPSA) is 156 Å². The van der Waals surface area contributed by atoms with E-state index in [1.54, 1.807) is 18.3 Å². The molecule has 0 spiro atoms. The van der Waals surface area contributed by atoms with Crippen LogP contribution in [0.25, 0.3) is 11.0 Å². The Kier molecular flexibility index (Phi) is 9.67. The van der Waals surface area contributed by atoms with Crippen molar-refractivity contribution in [3.63, 3.8) is 0 Å². The Morgan fingerprint density at radius 1 is 1.05 bits per heavy atom. The number of aliphatic hydroxyl groups is 1. The predicted molar refractivity (Wildman–Crippen MR) is 171 cm³/mol. The molecule has 13 heteroatoms. The summed E-state index contributed by atoms with van der Waals surface area (Å²) in [6.45, 7) is 16.7. The van der Waals surface area contributed by atoms with E-state index in [2.05, 4.69) is 40.3 Å². The first-order valence-corrected chi connectivity index (χ1v) is 15.0. The molecule has 0 unspecified atom stereocenters. The van der Waals surface area contributed by atoms with E-state index in [0.717, 1.165) is 71.1 Å². The van der Waals surface area contributed by atoms with E-state index >= 15 is 0 Å². The lowest BCUT2D eigenvalue weighted by Crippen LogP contribution is -2.49. The number of rotatable bonds is 8. The molecule has 2 fully saturated rings. The van der Waals surface area contributed by atoms with Crippen LogP contribution in [0.2, 0.25) is 0 Å². The Morgan fingerprint density at radius 3 is 2.45 bits per heavy atom. The standard InChI is InChI=1S/C31H42N10O3/c1-21-5-6-22(29(43)37-26(32)18-25(42)31(2,3)4)17-23(21)36-28-27-24(34-20-35-28)19-33-30(38-27)41-11-9-39(10-12-41)7-8-40-13-15-44-16-14-40/h5-6,17-20,42H,7-16H2,1-4H3,(H2,32,37,43)(H,34,35,36)/b25-18-. The maximum atomic E-state index is 12.9. The number of carbonyl (C=O) groups is 1. The minimum Gasteiger partial charge on any atom is -0.512 e. The molecule has 0 atom stereocenters. The zero-order valence-electron chi connectivity index (χ0n) is 25.9. The number of nitrogens with zero attached hydrogens (tertiary/aromatic N) is 7. The fourth-order valence-corrected chi connectivity index (χ4v) is 4.98. The zero-order chi connectivity index (χ0) is 31.3. The van der Waals surface area contributed by atoms with Gasteiger partial charge in [-0.3, -0.25) is 20.0 Å². The molecule has 234 valence electrons. The second-order valence-corrected chi connectivity index (χ2v) is 12.2. The predicted octanol–water partition coefficient (Wildman–Crippen LogP) is 3.12. The largest absolute Gasteiger partial charge is 0.512 e. The van der Waals surface area contributed by atoms with Gasteiger partial charge in [-0.2, -0.15) is 0 Å². The molecule has 3 aromatic rings. The lowest BCUT2D eigenvalue weighted by atomic mass is 9.93. The highest BCUT2D eigenvalue weighted by Crippen LogP contribution is 2.26. The van der Waals surface area contributed by atoms with Crippen LogP contribution < -0.4 is 15.5 Å². The molecule has 0 aliphatic carbocycles. The molecule has 2 aliphatic rings. The van der Waals surface area contributed by atoms with Crippen LogP contribution >= 0.6 is 0 Å². The third kappa shape index (κ3) is 7.84. The first-order valence-electron chi connectivity index (χ1n) is 15.0. The van der Waals surface area contributed by atoms with E-state index in [1.165, 1.54) is 12.4 Å². The van der Waals surface area contributed by atoms with Crippen LogP contribution in [-0.4, -0.2) is 112 Å². The van der Waals surface area contributed by atoms with Gasteiger partial charge in [-0.15, -0.1) is 0 Å². The molecule has 2 aromatic heterocycles. The van der Waals surface area contributed by atoms with E-state index in [-0.39, 0.29) is 11.6 Å². The molecule has 4 N–H and O–H groups in total. The first-order chi connectivity index (χ1) is 21.1. The van der Waals surface area contributed by atoms with Gasteiger partial charge in [-0.25, -0.2) is 19.9 Å². The molecular formula is C31H42N10O3. The normalized spacial score (nSPS) is 17.1. The average Bonchev–Trinajstić information content (AvgIpc) is 3.01. The van der Waals surface area contributed by atoms with E-state index < -0.39 is 11.3 Å². The number of morpholine rings is 1. The number of nitrogens with one attached hydrogen (secondary N) is 3. The highest BCUT2D eigenvalue weighted by atomic mass is 16.5. The molecule has 2 aliphatic heterocycles. The molecule has 5 rings (SSSR count). The van der Waals surface area contributed by atoms with Gasteiger partial charge in [-0.05, 0) is 24.6 Å². The van der Waals surface area contributed by atoms with Crippen molar-refractivity contribution in [2.24, 2.45) is 5.41 Å². The van der Waals surface area contributed by atoms with Gasteiger partial charge < -0.3 is 25.4 Å². The van der Waals surface area contributed by atoms with Crippen LogP contribution in [0.5, 0.6) is 0 Å². The Labute approximate surface area is 257 Å². The van der Waals surface area contributed by atoms with Crippen LogP contribution in [0, 0.1) is 17.7 Å². The molecular weight excluding hydrogens is 560 g/mol. The summed E-state index contributed by atoms with van der Waals surface area (Å²) in [6, 6.07) is 5.22. The van der Waals surface area contributed by atoms with Gasteiger partial charge in [0.05, 0.1) is 19.4 Å². The van der Waals surface area contributed by atoms with Gasteiger partial charge in [0.1, 0.15) is 29.0 Å². The molecule has 0 bridgehead atoms. The molecule has 1 aromatic carbocycles.